The third-order valence-corrected chi connectivity index (χ3v) is 3.13. The Balaban J connectivity index is 2.37. The van der Waals surface area contributed by atoms with Gasteiger partial charge in [-0.15, -0.1) is 0 Å². The zero-order valence-corrected chi connectivity index (χ0v) is 11.8. The van der Waals surface area contributed by atoms with Gasteiger partial charge in [-0.3, -0.25) is 0 Å². The highest BCUT2D eigenvalue weighted by molar-refractivity contribution is 5.96. The monoisotopic (exact) mass is 271 g/mol. The summed E-state index contributed by atoms with van der Waals surface area (Å²) in [6.45, 7) is 0. The smallest absolute Gasteiger partial charge is 0.339 e. The number of anilines is 2. The number of benzene rings is 2. The molecule has 2 rings (SSSR count). The number of carbonyl (C=O) groups is 1. The second kappa shape index (κ2) is 6.10. The van der Waals surface area contributed by atoms with E-state index in [1.165, 1.54) is 7.11 Å². The minimum absolute atomic E-state index is 0.346. The zero-order valence-electron chi connectivity index (χ0n) is 11.8. The van der Waals surface area contributed by atoms with Crippen molar-refractivity contribution >= 4 is 17.3 Å². The van der Waals surface area contributed by atoms with E-state index in [2.05, 4.69) is 0 Å². The molecule has 0 saturated heterocycles. The molecular weight excluding hydrogens is 254 g/mol. The first-order chi connectivity index (χ1) is 9.67. The first-order valence-electron chi connectivity index (χ1n) is 6.22. The molecule has 0 aliphatic heterocycles. The summed E-state index contributed by atoms with van der Waals surface area (Å²) in [7, 11) is 4.92. The lowest BCUT2D eigenvalue weighted by molar-refractivity contribution is 0.0601. The molecule has 0 saturated carbocycles. The summed E-state index contributed by atoms with van der Waals surface area (Å²) < 4.78 is 9.96. The SMILES string of the molecule is COC(=O)c1ccccc1N(C)c1ccc(OC)cc1. The summed E-state index contributed by atoms with van der Waals surface area (Å²) in [5.41, 5.74) is 2.29. The minimum atomic E-state index is -0.346. The summed E-state index contributed by atoms with van der Waals surface area (Å²) in [5, 5.41) is 0. The third-order valence-electron chi connectivity index (χ3n) is 3.13. The van der Waals surface area contributed by atoms with Crippen LogP contribution in [0.15, 0.2) is 48.5 Å². The molecule has 0 aliphatic rings. The fourth-order valence-corrected chi connectivity index (χ4v) is 1.99. The Kier molecular flexibility index (Phi) is 4.25. The van der Waals surface area contributed by atoms with Gasteiger partial charge in [-0.2, -0.15) is 0 Å². The molecule has 0 heterocycles. The molecule has 0 fully saturated rings. The number of esters is 1. The van der Waals surface area contributed by atoms with Gasteiger partial charge in [-0.25, -0.2) is 4.79 Å². The molecule has 2 aromatic rings. The first-order valence-corrected chi connectivity index (χ1v) is 6.22. The Morgan fingerprint density at radius 3 is 2.25 bits per heavy atom. The number of methoxy groups -OCH3 is 2. The van der Waals surface area contributed by atoms with Crippen LogP contribution in [-0.4, -0.2) is 27.2 Å². The van der Waals surface area contributed by atoms with Gasteiger partial charge >= 0.3 is 5.97 Å². The molecule has 104 valence electrons. The van der Waals surface area contributed by atoms with E-state index in [4.69, 9.17) is 9.47 Å². The van der Waals surface area contributed by atoms with E-state index >= 15 is 0 Å². The number of para-hydroxylation sites is 1. The van der Waals surface area contributed by atoms with E-state index in [1.54, 1.807) is 13.2 Å². The van der Waals surface area contributed by atoms with Crippen LogP contribution in [0.25, 0.3) is 0 Å². The van der Waals surface area contributed by atoms with Gasteiger partial charge in [0.05, 0.1) is 25.5 Å². The molecule has 0 N–H and O–H groups in total. The normalized spacial score (nSPS) is 9.95. The van der Waals surface area contributed by atoms with Crippen molar-refractivity contribution in [2.24, 2.45) is 0 Å². The predicted octanol–water partition coefficient (Wildman–Crippen LogP) is 3.25. The lowest BCUT2D eigenvalue weighted by Gasteiger charge is -2.22. The molecule has 0 radical (unpaired) electrons. The highest BCUT2D eigenvalue weighted by Gasteiger charge is 2.15. The fraction of sp³-hybridized carbons (Fsp3) is 0.188. The van der Waals surface area contributed by atoms with Crippen molar-refractivity contribution in [3.63, 3.8) is 0 Å². The maximum Gasteiger partial charge on any atom is 0.339 e. The fourth-order valence-electron chi connectivity index (χ4n) is 1.99. The second-order valence-electron chi connectivity index (χ2n) is 4.27. The van der Waals surface area contributed by atoms with E-state index in [0.29, 0.717) is 5.56 Å². The van der Waals surface area contributed by atoms with Crippen LogP contribution in [0.1, 0.15) is 10.4 Å². The lowest BCUT2D eigenvalue weighted by atomic mass is 10.1. The van der Waals surface area contributed by atoms with Crippen molar-refractivity contribution < 1.29 is 14.3 Å². The second-order valence-corrected chi connectivity index (χ2v) is 4.27. The molecular formula is C16H17NO3. The molecule has 0 unspecified atom stereocenters. The van der Waals surface area contributed by atoms with E-state index < -0.39 is 0 Å². The number of nitrogens with zero attached hydrogens (tertiary/aromatic N) is 1. The Bertz CT molecular complexity index is 593. The van der Waals surface area contributed by atoms with Gasteiger partial charge in [0.2, 0.25) is 0 Å². The van der Waals surface area contributed by atoms with Crippen molar-refractivity contribution in [3.05, 3.63) is 54.1 Å². The number of hydrogen-bond donors (Lipinski definition) is 0. The van der Waals surface area contributed by atoms with Crippen LogP contribution in [0, 0.1) is 0 Å². The summed E-state index contributed by atoms with van der Waals surface area (Å²) >= 11 is 0. The Hall–Kier alpha value is -2.49. The topological polar surface area (TPSA) is 38.8 Å². The van der Waals surface area contributed by atoms with Crippen LogP contribution in [0.2, 0.25) is 0 Å². The van der Waals surface area contributed by atoms with E-state index in [9.17, 15) is 4.79 Å². The van der Waals surface area contributed by atoms with Gasteiger partial charge in [0.25, 0.3) is 0 Å². The van der Waals surface area contributed by atoms with Gasteiger partial charge in [-0.05, 0) is 36.4 Å². The van der Waals surface area contributed by atoms with Crippen molar-refractivity contribution in [3.8, 4) is 5.75 Å². The lowest BCUT2D eigenvalue weighted by Crippen LogP contribution is -2.14. The Morgan fingerprint density at radius 1 is 1.00 bits per heavy atom. The molecule has 0 aromatic heterocycles. The average molecular weight is 271 g/mol. The maximum absolute atomic E-state index is 11.8. The standard InChI is InChI=1S/C16H17NO3/c1-17(12-8-10-13(19-2)11-9-12)15-7-5-4-6-14(15)16(18)20-3/h4-11H,1-3H3. The van der Waals surface area contributed by atoms with Crippen molar-refractivity contribution in [2.45, 2.75) is 0 Å². The highest BCUT2D eigenvalue weighted by atomic mass is 16.5. The third kappa shape index (κ3) is 2.74. The molecule has 0 amide bonds. The van der Waals surface area contributed by atoms with Crippen LogP contribution < -0.4 is 9.64 Å². The molecule has 0 atom stereocenters. The highest BCUT2D eigenvalue weighted by Crippen LogP contribution is 2.28. The summed E-state index contributed by atoms with van der Waals surface area (Å²) in [6.07, 6.45) is 0. The van der Waals surface area contributed by atoms with Gasteiger partial charge < -0.3 is 14.4 Å². The summed E-state index contributed by atoms with van der Waals surface area (Å²) in [5.74, 6) is 0.448. The molecule has 0 aliphatic carbocycles. The minimum Gasteiger partial charge on any atom is -0.497 e. The van der Waals surface area contributed by atoms with E-state index in [0.717, 1.165) is 17.1 Å². The average Bonchev–Trinajstić information content (AvgIpc) is 2.53. The van der Waals surface area contributed by atoms with Crippen molar-refractivity contribution in [1.29, 1.82) is 0 Å². The molecule has 20 heavy (non-hydrogen) atoms. The number of hydrogen-bond acceptors (Lipinski definition) is 4. The molecule has 2 aromatic carbocycles. The zero-order chi connectivity index (χ0) is 14.5. The maximum atomic E-state index is 11.8. The van der Waals surface area contributed by atoms with Crippen LogP contribution in [0.5, 0.6) is 5.75 Å². The molecule has 4 nitrogen and oxygen atoms in total. The summed E-state index contributed by atoms with van der Waals surface area (Å²) in [4.78, 5) is 13.7. The Morgan fingerprint density at radius 2 is 1.65 bits per heavy atom. The number of carbonyl (C=O) groups excluding carboxylic acids is 1. The molecule has 0 spiro atoms. The molecule has 0 bridgehead atoms. The van der Waals surface area contributed by atoms with Crippen LogP contribution in [0.4, 0.5) is 11.4 Å². The van der Waals surface area contributed by atoms with Crippen LogP contribution in [-0.2, 0) is 4.74 Å². The van der Waals surface area contributed by atoms with E-state index in [1.807, 2.05) is 54.4 Å². The Labute approximate surface area is 118 Å². The quantitative estimate of drug-likeness (QED) is 0.800. The first kappa shape index (κ1) is 13.9. The van der Waals surface area contributed by atoms with Crippen LogP contribution in [0.3, 0.4) is 0 Å². The van der Waals surface area contributed by atoms with Crippen molar-refractivity contribution in [1.82, 2.24) is 0 Å². The largest absolute Gasteiger partial charge is 0.497 e. The van der Waals surface area contributed by atoms with Gasteiger partial charge in [0.15, 0.2) is 0 Å². The number of rotatable bonds is 4. The molecule has 4 heteroatoms. The van der Waals surface area contributed by atoms with Gasteiger partial charge in [0.1, 0.15) is 5.75 Å². The van der Waals surface area contributed by atoms with Gasteiger partial charge in [0, 0.05) is 12.7 Å². The predicted molar refractivity (Wildman–Crippen MR) is 78.8 cm³/mol. The summed E-state index contributed by atoms with van der Waals surface area (Å²) in [6, 6.07) is 15.0. The van der Waals surface area contributed by atoms with E-state index in [-0.39, 0.29) is 5.97 Å². The van der Waals surface area contributed by atoms with Crippen molar-refractivity contribution in [2.75, 3.05) is 26.2 Å². The van der Waals surface area contributed by atoms with Gasteiger partial charge in [-0.1, -0.05) is 12.1 Å². The van der Waals surface area contributed by atoms with Crippen LogP contribution >= 0.6 is 0 Å². The number of ether oxygens (including phenoxy) is 2.